The number of likely N-dealkylation sites (tertiary alicyclic amines) is 1. The molecule has 0 unspecified atom stereocenters. The molecular weight excluding hydrogens is 282 g/mol. The van der Waals surface area contributed by atoms with Gasteiger partial charge in [-0.1, -0.05) is 48.2 Å². The highest BCUT2D eigenvalue weighted by Gasteiger charge is 2.19. The average Bonchev–Trinajstić information content (AvgIpc) is 2.62. The van der Waals surface area contributed by atoms with Crippen molar-refractivity contribution in [3.05, 3.63) is 66.2 Å². The summed E-state index contributed by atoms with van der Waals surface area (Å²) in [6.45, 7) is 3.26. The zero-order chi connectivity index (χ0) is 15.7. The maximum Gasteiger partial charge on any atom is 0.119 e. The lowest BCUT2D eigenvalue weighted by molar-refractivity contribution is 0.102. The van der Waals surface area contributed by atoms with Crippen LogP contribution in [0.1, 0.15) is 24.8 Å². The Morgan fingerprint density at radius 2 is 1.57 bits per heavy atom. The first kappa shape index (κ1) is 15.6. The Balaban J connectivity index is 1.37. The molecule has 2 nitrogen and oxygen atoms in total. The lowest BCUT2D eigenvalue weighted by Crippen LogP contribution is -2.38. The first-order chi connectivity index (χ1) is 11.4. The summed E-state index contributed by atoms with van der Waals surface area (Å²) in [5, 5.41) is 0. The van der Waals surface area contributed by atoms with Crippen LogP contribution in [0.25, 0.3) is 0 Å². The molecule has 23 heavy (non-hydrogen) atoms. The highest BCUT2D eigenvalue weighted by molar-refractivity contribution is 5.33. The minimum Gasteiger partial charge on any atom is -0.490 e. The topological polar surface area (TPSA) is 12.5 Å². The number of piperidine rings is 1. The van der Waals surface area contributed by atoms with E-state index in [1.807, 2.05) is 48.5 Å². The third kappa shape index (κ3) is 5.16. The SMILES string of the molecule is C(#Cc1ccccc1)CCN1CCC(Oc2ccccc2)CC1. The van der Waals surface area contributed by atoms with E-state index in [4.69, 9.17) is 4.74 Å². The van der Waals surface area contributed by atoms with Gasteiger partial charge in [0.2, 0.25) is 0 Å². The van der Waals surface area contributed by atoms with Crippen molar-refractivity contribution in [2.75, 3.05) is 19.6 Å². The summed E-state index contributed by atoms with van der Waals surface area (Å²) in [6, 6.07) is 20.3. The normalized spacial score (nSPS) is 15.7. The van der Waals surface area contributed by atoms with Crippen molar-refractivity contribution < 1.29 is 4.74 Å². The fourth-order valence-electron chi connectivity index (χ4n) is 2.84. The maximum atomic E-state index is 6.03. The highest BCUT2D eigenvalue weighted by Crippen LogP contribution is 2.18. The van der Waals surface area contributed by atoms with Gasteiger partial charge < -0.3 is 9.64 Å². The molecule has 2 heteroatoms. The largest absolute Gasteiger partial charge is 0.490 e. The molecule has 0 radical (unpaired) electrons. The van der Waals surface area contributed by atoms with Gasteiger partial charge in [-0.2, -0.15) is 0 Å². The molecule has 0 spiro atoms. The number of ether oxygens (including phenoxy) is 1. The van der Waals surface area contributed by atoms with E-state index < -0.39 is 0 Å². The van der Waals surface area contributed by atoms with E-state index in [1.165, 1.54) is 0 Å². The Labute approximate surface area is 139 Å². The molecule has 0 bridgehead atoms. The Morgan fingerprint density at radius 1 is 0.913 bits per heavy atom. The minimum absolute atomic E-state index is 0.351. The third-order valence-corrected chi connectivity index (χ3v) is 4.14. The van der Waals surface area contributed by atoms with Crippen LogP contribution in [0.4, 0.5) is 0 Å². The van der Waals surface area contributed by atoms with Crippen LogP contribution in [0, 0.1) is 11.8 Å². The molecule has 0 N–H and O–H groups in total. The van der Waals surface area contributed by atoms with Crippen LogP contribution in [-0.4, -0.2) is 30.6 Å². The molecule has 0 atom stereocenters. The lowest BCUT2D eigenvalue weighted by atomic mass is 10.1. The van der Waals surface area contributed by atoms with Gasteiger partial charge in [0, 0.05) is 31.6 Å². The fraction of sp³-hybridized carbons (Fsp3) is 0.333. The quantitative estimate of drug-likeness (QED) is 0.793. The molecule has 1 aliphatic heterocycles. The maximum absolute atomic E-state index is 6.03. The Morgan fingerprint density at radius 3 is 2.26 bits per heavy atom. The summed E-state index contributed by atoms with van der Waals surface area (Å²) in [7, 11) is 0. The van der Waals surface area contributed by atoms with Crippen LogP contribution < -0.4 is 4.74 Å². The highest BCUT2D eigenvalue weighted by atomic mass is 16.5. The van der Waals surface area contributed by atoms with Gasteiger partial charge in [-0.05, 0) is 37.1 Å². The van der Waals surface area contributed by atoms with E-state index in [-0.39, 0.29) is 0 Å². The second kappa shape index (κ2) is 8.41. The number of hydrogen-bond acceptors (Lipinski definition) is 2. The van der Waals surface area contributed by atoms with Crippen LogP contribution in [0.2, 0.25) is 0 Å². The minimum atomic E-state index is 0.351. The predicted octanol–water partition coefficient (Wildman–Crippen LogP) is 3.97. The summed E-state index contributed by atoms with van der Waals surface area (Å²) in [5.74, 6) is 7.49. The standard InChI is InChI=1S/C21H23NO/c1-3-9-19(10-4-1)11-7-8-16-22-17-14-21(15-18-22)23-20-12-5-2-6-13-20/h1-6,9-10,12-13,21H,8,14-18H2. The summed E-state index contributed by atoms with van der Waals surface area (Å²) < 4.78 is 6.03. The summed E-state index contributed by atoms with van der Waals surface area (Å²) in [5.41, 5.74) is 1.10. The smallest absolute Gasteiger partial charge is 0.119 e. The van der Waals surface area contributed by atoms with E-state index in [2.05, 4.69) is 28.9 Å². The Hall–Kier alpha value is -2.24. The van der Waals surface area contributed by atoms with Crippen LogP contribution in [0.3, 0.4) is 0 Å². The average molecular weight is 305 g/mol. The monoisotopic (exact) mass is 305 g/mol. The van der Waals surface area contributed by atoms with Gasteiger partial charge in [0.25, 0.3) is 0 Å². The van der Waals surface area contributed by atoms with Gasteiger partial charge >= 0.3 is 0 Å². The molecule has 118 valence electrons. The van der Waals surface area contributed by atoms with Gasteiger partial charge in [0.05, 0.1) is 0 Å². The van der Waals surface area contributed by atoms with Crippen LogP contribution in [0.15, 0.2) is 60.7 Å². The van der Waals surface area contributed by atoms with Crippen LogP contribution >= 0.6 is 0 Å². The third-order valence-electron chi connectivity index (χ3n) is 4.14. The predicted molar refractivity (Wildman–Crippen MR) is 94.5 cm³/mol. The molecule has 0 saturated carbocycles. The van der Waals surface area contributed by atoms with Crippen molar-refractivity contribution in [1.29, 1.82) is 0 Å². The molecule has 0 amide bonds. The second-order valence-corrected chi connectivity index (χ2v) is 5.89. The molecule has 2 aromatic carbocycles. The van der Waals surface area contributed by atoms with Crippen molar-refractivity contribution in [2.24, 2.45) is 0 Å². The van der Waals surface area contributed by atoms with Crippen molar-refractivity contribution >= 4 is 0 Å². The number of benzene rings is 2. The fourth-order valence-corrected chi connectivity index (χ4v) is 2.84. The zero-order valence-corrected chi connectivity index (χ0v) is 13.4. The Kier molecular flexibility index (Phi) is 5.72. The Bertz CT molecular complexity index is 634. The van der Waals surface area contributed by atoms with Gasteiger partial charge in [0.1, 0.15) is 11.9 Å². The van der Waals surface area contributed by atoms with Crippen molar-refractivity contribution in [3.8, 4) is 17.6 Å². The van der Waals surface area contributed by atoms with Crippen molar-refractivity contribution in [3.63, 3.8) is 0 Å². The summed E-state index contributed by atoms with van der Waals surface area (Å²) >= 11 is 0. The summed E-state index contributed by atoms with van der Waals surface area (Å²) in [6.07, 6.45) is 3.48. The molecule has 1 fully saturated rings. The van der Waals surface area contributed by atoms with E-state index in [9.17, 15) is 0 Å². The first-order valence-electron chi connectivity index (χ1n) is 8.38. The van der Waals surface area contributed by atoms with Gasteiger partial charge in [-0.3, -0.25) is 0 Å². The van der Waals surface area contributed by atoms with Crippen molar-refractivity contribution in [1.82, 2.24) is 4.90 Å². The molecule has 0 aliphatic carbocycles. The second-order valence-electron chi connectivity index (χ2n) is 5.89. The molecule has 1 heterocycles. The van der Waals surface area contributed by atoms with E-state index in [0.29, 0.717) is 6.10 Å². The zero-order valence-electron chi connectivity index (χ0n) is 13.4. The van der Waals surface area contributed by atoms with E-state index in [1.54, 1.807) is 0 Å². The van der Waals surface area contributed by atoms with E-state index in [0.717, 1.165) is 50.2 Å². The molecule has 0 aromatic heterocycles. The molecule has 1 aliphatic rings. The number of para-hydroxylation sites is 1. The first-order valence-corrected chi connectivity index (χ1v) is 8.38. The molecule has 1 saturated heterocycles. The molecule has 2 aromatic rings. The number of hydrogen-bond donors (Lipinski definition) is 0. The van der Waals surface area contributed by atoms with Crippen LogP contribution in [0.5, 0.6) is 5.75 Å². The van der Waals surface area contributed by atoms with E-state index >= 15 is 0 Å². The van der Waals surface area contributed by atoms with Crippen molar-refractivity contribution in [2.45, 2.75) is 25.4 Å². The van der Waals surface area contributed by atoms with Gasteiger partial charge in [-0.25, -0.2) is 0 Å². The van der Waals surface area contributed by atoms with Gasteiger partial charge in [0.15, 0.2) is 0 Å². The number of rotatable bonds is 4. The summed E-state index contributed by atoms with van der Waals surface area (Å²) in [4.78, 5) is 2.49. The number of nitrogens with zero attached hydrogens (tertiary/aromatic N) is 1. The molecule has 3 rings (SSSR count). The molecular formula is C21H23NO. The van der Waals surface area contributed by atoms with Gasteiger partial charge in [-0.15, -0.1) is 0 Å². The van der Waals surface area contributed by atoms with Crippen LogP contribution in [-0.2, 0) is 0 Å². The lowest BCUT2D eigenvalue weighted by Gasteiger charge is -2.31.